The monoisotopic (exact) mass is 396 g/mol. The van der Waals surface area contributed by atoms with Crippen molar-refractivity contribution in [2.75, 3.05) is 6.26 Å². The van der Waals surface area contributed by atoms with E-state index >= 15 is 0 Å². The molecule has 2 saturated carbocycles. The molecular weight excluding hydrogens is 348 g/mol. The fourth-order valence-corrected chi connectivity index (χ4v) is 7.24. The summed E-state index contributed by atoms with van der Waals surface area (Å²) in [6, 6.07) is 0. The second kappa shape index (κ2) is 12.8. The molecule has 0 N–H and O–H groups in total. The van der Waals surface area contributed by atoms with Crippen LogP contribution in [-0.2, 0) is 11.2 Å². The molecule has 160 valence electrons. The SMILES string of the molecule is CCCCCCCC1CCC(C2CCC(CCCCC)([S+](C)[O-])CC2)CC1. The highest BCUT2D eigenvalue weighted by Crippen LogP contribution is 2.47. The molecule has 27 heavy (non-hydrogen) atoms. The highest BCUT2D eigenvalue weighted by molar-refractivity contribution is 7.92. The topological polar surface area (TPSA) is 23.1 Å². The third kappa shape index (κ3) is 7.57. The Morgan fingerprint density at radius 2 is 1.30 bits per heavy atom. The summed E-state index contributed by atoms with van der Waals surface area (Å²) in [5.74, 6) is 2.96. The summed E-state index contributed by atoms with van der Waals surface area (Å²) in [4.78, 5) is 0. The predicted molar refractivity (Wildman–Crippen MR) is 122 cm³/mol. The summed E-state index contributed by atoms with van der Waals surface area (Å²) in [7, 11) is 0. The molecule has 0 saturated heterocycles. The van der Waals surface area contributed by atoms with Gasteiger partial charge in [-0.15, -0.1) is 0 Å². The van der Waals surface area contributed by atoms with Gasteiger partial charge in [-0.2, -0.15) is 0 Å². The van der Waals surface area contributed by atoms with E-state index in [-0.39, 0.29) is 4.75 Å². The number of hydrogen-bond donors (Lipinski definition) is 0. The quantitative estimate of drug-likeness (QED) is 0.242. The van der Waals surface area contributed by atoms with Crippen LogP contribution in [0.5, 0.6) is 0 Å². The Bertz CT molecular complexity index is 365. The molecule has 0 spiro atoms. The highest BCUT2D eigenvalue weighted by Gasteiger charge is 2.44. The summed E-state index contributed by atoms with van der Waals surface area (Å²) in [5.41, 5.74) is 0. The second-order valence-corrected chi connectivity index (χ2v) is 11.7. The van der Waals surface area contributed by atoms with Gasteiger partial charge in [-0.1, -0.05) is 89.2 Å². The van der Waals surface area contributed by atoms with Gasteiger partial charge in [-0.25, -0.2) is 0 Å². The Hall–Kier alpha value is 0.310. The molecule has 0 amide bonds. The lowest BCUT2D eigenvalue weighted by Crippen LogP contribution is -2.43. The van der Waals surface area contributed by atoms with Crippen LogP contribution in [0.15, 0.2) is 0 Å². The van der Waals surface area contributed by atoms with Crippen LogP contribution in [0.25, 0.3) is 0 Å². The second-order valence-electron chi connectivity index (χ2n) is 9.92. The van der Waals surface area contributed by atoms with Gasteiger partial charge in [0.25, 0.3) is 0 Å². The van der Waals surface area contributed by atoms with E-state index in [1.165, 1.54) is 116 Å². The molecule has 1 nitrogen and oxygen atoms in total. The van der Waals surface area contributed by atoms with Gasteiger partial charge in [-0.05, 0) is 69.1 Å². The lowest BCUT2D eigenvalue weighted by molar-refractivity contribution is 0.145. The van der Waals surface area contributed by atoms with Gasteiger partial charge in [0.15, 0.2) is 0 Å². The molecule has 0 aromatic heterocycles. The van der Waals surface area contributed by atoms with Gasteiger partial charge in [0.05, 0.1) is 6.26 Å². The van der Waals surface area contributed by atoms with Crippen LogP contribution < -0.4 is 0 Å². The van der Waals surface area contributed by atoms with Crippen LogP contribution in [0.3, 0.4) is 0 Å². The van der Waals surface area contributed by atoms with Crippen molar-refractivity contribution in [2.24, 2.45) is 17.8 Å². The smallest absolute Gasteiger partial charge is 0.125 e. The van der Waals surface area contributed by atoms with Gasteiger partial charge in [0.1, 0.15) is 4.75 Å². The van der Waals surface area contributed by atoms with Crippen molar-refractivity contribution < 1.29 is 4.55 Å². The number of hydrogen-bond acceptors (Lipinski definition) is 1. The molecular formula is C25H48OS. The van der Waals surface area contributed by atoms with Crippen molar-refractivity contribution >= 4 is 11.2 Å². The molecule has 0 aromatic rings. The van der Waals surface area contributed by atoms with Crippen LogP contribution in [-0.4, -0.2) is 15.6 Å². The van der Waals surface area contributed by atoms with Crippen LogP contribution in [0.2, 0.25) is 0 Å². The van der Waals surface area contributed by atoms with Gasteiger partial charge in [0.2, 0.25) is 0 Å². The highest BCUT2D eigenvalue weighted by atomic mass is 32.2. The standard InChI is InChI=1S/C25H48OS/c1-4-6-8-9-10-12-22-13-15-23(16-14-22)24-17-20-25(21-18-24,27(3)26)19-11-7-5-2/h22-24H,4-21H2,1-3H3. The van der Waals surface area contributed by atoms with E-state index in [9.17, 15) is 4.55 Å². The molecule has 2 aliphatic carbocycles. The van der Waals surface area contributed by atoms with Gasteiger partial charge in [0, 0.05) is 0 Å². The van der Waals surface area contributed by atoms with Crippen LogP contribution in [0.4, 0.5) is 0 Å². The Morgan fingerprint density at radius 3 is 1.89 bits per heavy atom. The zero-order chi connectivity index (χ0) is 19.5. The molecule has 0 radical (unpaired) electrons. The minimum Gasteiger partial charge on any atom is -0.616 e. The Morgan fingerprint density at radius 1 is 0.741 bits per heavy atom. The van der Waals surface area contributed by atoms with Gasteiger partial charge < -0.3 is 4.55 Å². The molecule has 0 aliphatic heterocycles. The molecule has 0 bridgehead atoms. The van der Waals surface area contributed by atoms with Crippen molar-refractivity contribution in [3.63, 3.8) is 0 Å². The summed E-state index contributed by atoms with van der Waals surface area (Å²) in [5, 5.41) is 0. The fourth-order valence-electron chi connectivity index (χ4n) is 6.00. The van der Waals surface area contributed by atoms with Crippen LogP contribution >= 0.6 is 0 Å². The molecule has 0 aromatic carbocycles. The molecule has 1 atom stereocenters. The lowest BCUT2D eigenvalue weighted by atomic mass is 9.68. The molecule has 2 rings (SSSR count). The minimum atomic E-state index is -0.646. The van der Waals surface area contributed by atoms with E-state index in [4.69, 9.17) is 0 Å². The van der Waals surface area contributed by atoms with E-state index in [0.29, 0.717) is 0 Å². The van der Waals surface area contributed by atoms with Crippen molar-refractivity contribution in [1.82, 2.24) is 0 Å². The van der Waals surface area contributed by atoms with E-state index in [2.05, 4.69) is 13.8 Å². The van der Waals surface area contributed by atoms with Gasteiger partial charge >= 0.3 is 0 Å². The maximum Gasteiger partial charge on any atom is 0.125 e. The summed E-state index contributed by atoms with van der Waals surface area (Å²) >= 11 is -0.646. The molecule has 2 aliphatic rings. The summed E-state index contributed by atoms with van der Waals surface area (Å²) in [6.45, 7) is 4.58. The van der Waals surface area contributed by atoms with Crippen molar-refractivity contribution in [3.8, 4) is 0 Å². The maximum absolute atomic E-state index is 12.5. The normalized spacial score (nSPS) is 33.1. The van der Waals surface area contributed by atoms with E-state index < -0.39 is 11.2 Å². The molecule has 1 unspecified atom stereocenters. The average Bonchev–Trinajstić information content (AvgIpc) is 2.69. The van der Waals surface area contributed by atoms with E-state index in [0.717, 1.165) is 17.8 Å². The first kappa shape index (κ1) is 23.6. The van der Waals surface area contributed by atoms with E-state index in [1.54, 1.807) is 0 Å². The molecule has 2 heteroatoms. The lowest BCUT2D eigenvalue weighted by Gasteiger charge is -2.43. The first-order valence-corrected chi connectivity index (χ1v) is 14.0. The average molecular weight is 397 g/mol. The van der Waals surface area contributed by atoms with Crippen LogP contribution in [0, 0.1) is 17.8 Å². The summed E-state index contributed by atoms with van der Waals surface area (Å²) < 4.78 is 12.7. The minimum absolute atomic E-state index is 0.168. The van der Waals surface area contributed by atoms with E-state index in [1.807, 2.05) is 6.26 Å². The Balaban J connectivity index is 1.67. The third-order valence-corrected chi connectivity index (χ3v) is 9.89. The zero-order valence-electron chi connectivity index (χ0n) is 18.8. The van der Waals surface area contributed by atoms with Crippen LogP contribution in [0.1, 0.15) is 129 Å². The Kier molecular flexibility index (Phi) is 11.2. The first-order valence-electron chi connectivity index (χ1n) is 12.4. The Labute approximate surface area is 174 Å². The number of rotatable bonds is 12. The molecule has 0 heterocycles. The largest absolute Gasteiger partial charge is 0.616 e. The van der Waals surface area contributed by atoms with Crippen molar-refractivity contribution in [1.29, 1.82) is 0 Å². The predicted octanol–water partition coefficient (Wildman–Crippen LogP) is 8.04. The maximum atomic E-state index is 12.5. The third-order valence-electron chi connectivity index (χ3n) is 8.06. The fraction of sp³-hybridized carbons (Fsp3) is 1.00. The summed E-state index contributed by atoms with van der Waals surface area (Å²) in [6.07, 6.45) is 26.9. The first-order chi connectivity index (χ1) is 13.1. The van der Waals surface area contributed by atoms with Crippen molar-refractivity contribution in [3.05, 3.63) is 0 Å². The number of unbranched alkanes of at least 4 members (excludes halogenated alkanes) is 6. The van der Waals surface area contributed by atoms with Gasteiger partial charge in [-0.3, -0.25) is 0 Å². The zero-order valence-corrected chi connectivity index (χ0v) is 19.6. The molecule has 2 fully saturated rings. The van der Waals surface area contributed by atoms with Crippen molar-refractivity contribution in [2.45, 2.75) is 134 Å².